The van der Waals surface area contributed by atoms with E-state index in [2.05, 4.69) is 44.9 Å². The normalized spacial score (nSPS) is 11.4. The Balaban J connectivity index is 1.87. The van der Waals surface area contributed by atoms with Crippen LogP contribution in [-0.2, 0) is 20.1 Å². The van der Waals surface area contributed by atoms with Crippen molar-refractivity contribution < 1.29 is 0 Å². The summed E-state index contributed by atoms with van der Waals surface area (Å²) in [7, 11) is 3.67. The van der Waals surface area contributed by atoms with Gasteiger partial charge in [-0.2, -0.15) is 0 Å². The number of benzene rings is 1. The summed E-state index contributed by atoms with van der Waals surface area (Å²) in [5, 5.41) is 14.4. The van der Waals surface area contributed by atoms with Gasteiger partial charge in [0.2, 0.25) is 0 Å². The Hall–Kier alpha value is -2.37. The minimum atomic E-state index is 0.587. The Labute approximate surface area is 119 Å². The molecule has 0 unspecified atom stereocenters. The molecule has 0 spiro atoms. The highest BCUT2D eigenvalue weighted by atomic mass is 15.3. The number of hydrogen-bond acceptors (Lipinski definition) is 3. The number of aliphatic imine (C=N–C) groups is 1. The van der Waals surface area contributed by atoms with Crippen molar-refractivity contribution in [2.75, 3.05) is 7.05 Å². The van der Waals surface area contributed by atoms with Crippen LogP contribution in [0.4, 0.5) is 0 Å². The minimum Gasteiger partial charge on any atom is -0.352 e. The molecule has 2 rings (SSSR count). The van der Waals surface area contributed by atoms with E-state index in [1.807, 2.05) is 23.7 Å². The molecule has 0 aliphatic rings. The predicted octanol–water partition coefficient (Wildman–Crippen LogP) is 0.989. The third-order valence-electron chi connectivity index (χ3n) is 3.15. The van der Waals surface area contributed by atoms with Crippen LogP contribution in [0.2, 0.25) is 0 Å². The zero-order chi connectivity index (χ0) is 14.4. The first-order valence-corrected chi connectivity index (χ1v) is 6.52. The van der Waals surface area contributed by atoms with Crippen molar-refractivity contribution in [3.63, 3.8) is 0 Å². The van der Waals surface area contributed by atoms with Crippen molar-refractivity contribution in [3.05, 3.63) is 47.5 Å². The van der Waals surface area contributed by atoms with Crippen molar-refractivity contribution in [2.24, 2.45) is 12.0 Å². The van der Waals surface area contributed by atoms with Crippen LogP contribution in [0.15, 0.2) is 35.6 Å². The van der Waals surface area contributed by atoms with Crippen LogP contribution in [0, 0.1) is 6.92 Å². The summed E-state index contributed by atoms with van der Waals surface area (Å²) in [5.41, 5.74) is 2.53. The lowest BCUT2D eigenvalue weighted by Crippen LogP contribution is -2.37. The van der Waals surface area contributed by atoms with Crippen LogP contribution in [0.25, 0.3) is 0 Å². The molecule has 0 amide bonds. The van der Waals surface area contributed by atoms with Crippen molar-refractivity contribution in [3.8, 4) is 0 Å². The molecule has 1 aromatic heterocycles. The second-order valence-electron chi connectivity index (χ2n) is 4.56. The predicted molar refractivity (Wildman–Crippen MR) is 79.2 cm³/mol. The van der Waals surface area contributed by atoms with Gasteiger partial charge in [0, 0.05) is 20.6 Å². The standard InChI is InChI=1S/C14H20N6/c1-11-6-4-5-7-12(11)8-16-14(15-2)17-9-13-19-18-10-20(13)3/h4-7,10H,8-9H2,1-3H3,(H2,15,16,17). The third kappa shape index (κ3) is 3.57. The Kier molecular flexibility index (Phi) is 4.70. The van der Waals surface area contributed by atoms with Gasteiger partial charge in [-0.3, -0.25) is 4.99 Å². The molecule has 0 radical (unpaired) electrons. The molecule has 2 N–H and O–H groups in total. The SMILES string of the molecule is CN=C(NCc1ccccc1C)NCc1nncn1C. The highest BCUT2D eigenvalue weighted by Gasteiger charge is 2.03. The van der Waals surface area contributed by atoms with Gasteiger partial charge in [-0.15, -0.1) is 10.2 Å². The summed E-state index contributed by atoms with van der Waals surface area (Å²) in [4.78, 5) is 4.20. The number of guanidine groups is 1. The van der Waals surface area contributed by atoms with Crippen molar-refractivity contribution in [1.29, 1.82) is 0 Å². The molecular weight excluding hydrogens is 252 g/mol. The summed E-state index contributed by atoms with van der Waals surface area (Å²) in [6.45, 7) is 3.43. The smallest absolute Gasteiger partial charge is 0.191 e. The van der Waals surface area contributed by atoms with Gasteiger partial charge >= 0.3 is 0 Å². The van der Waals surface area contributed by atoms with Crippen LogP contribution in [0.5, 0.6) is 0 Å². The van der Waals surface area contributed by atoms with Gasteiger partial charge < -0.3 is 15.2 Å². The summed E-state index contributed by atoms with van der Waals surface area (Å²) >= 11 is 0. The molecule has 1 aromatic carbocycles. The lowest BCUT2D eigenvalue weighted by Gasteiger charge is -2.12. The van der Waals surface area contributed by atoms with E-state index >= 15 is 0 Å². The molecule has 0 aliphatic carbocycles. The number of aryl methyl sites for hydroxylation is 2. The molecule has 2 aromatic rings. The van der Waals surface area contributed by atoms with Crippen LogP contribution in [-0.4, -0.2) is 27.8 Å². The highest BCUT2D eigenvalue weighted by molar-refractivity contribution is 5.79. The van der Waals surface area contributed by atoms with Crippen LogP contribution in [0.3, 0.4) is 0 Å². The number of nitrogens with one attached hydrogen (secondary N) is 2. The second kappa shape index (κ2) is 6.70. The Morgan fingerprint density at radius 1 is 1.25 bits per heavy atom. The molecule has 0 saturated carbocycles. The maximum absolute atomic E-state index is 4.20. The molecule has 0 saturated heterocycles. The van der Waals surface area contributed by atoms with Gasteiger partial charge in [0.25, 0.3) is 0 Å². The van der Waals surface area contributed by atoms with Crippen LogP contribution >= 0.6 is 0 Å². The maximum atomic E-state index is 4.20. The van der Waals surface area contributed by atoms with Gasteiger partial charge in [0.05, 0.1) is 6.54 Å². The van der Waals surface area contributed by atoms with Gasteiger partial charge in [-0.1, -0.05) is 24.3 Å². The van der Waals surface area contributed by atoms with E-state index in [9.17, 15) is 0 Å². The Morgan fingerprint density at radius 2 is 2.00 bits per heavy atom. The Bertz CT molecular complexity index is 587. The van der Waals surface area contributed by atoms with Crippen LogP contribution in [0.1, 0.15) is 17.0 Å². The number of aromatic nitrogens is 3. The van der Waals surface area contributed by atoms with E-state index in [1.54, 1.807) is 13.4 Å². The minimum absolute atomic E-state index is 0.587. The Morgan fingerprint density at radius 3 is 2.65 bits per heavy atom. The van der Waals surface area contributed by atoms with E-state index in [4.69, 9.17) is 0 Å². The van der Waals surface area contributed by atoms with Gasteiger partial charge in [-0.05, 0) is 18.1 Å². The quantitative estimate of drug-likeness (QED) is 0.643. The molecule has 0 atom stereocenters. The highest BCUT2D eigenvalue weighted by Crippen LogP contribution is 2.05. The lowest BCUT2D eigenvalue weighted by molar-refractivity contribution is 0.725. The first-order valence-electron chi connectivity index (χ1n) is 6.52. The topological polar surface area (TPSA) is 67.1 Å². The molecular formula is C14H20N6. The van der Waals surface area contributed by atoms with E-state index in [-0.39, 0.29) is 0 Å². The molecule has 106 valence electrons. The molecule has 6 nitrogen and oxygen atoms in total. The summed E-state index contributed by atoms with van der Waals surface area (Å²) in [5.74, 6) is 1.61. The molecule has 0 bridgehead atoms. The lowest BCUT2D eigenvalue weighted by atomic mass is 10.1. The first-order chi connectivity index (χ1) is 9.70. The maximum Gasteiger partial charge on any atom is 0.191 e. The van der Waals surface area contributed by atoms with E-state index in [1.165, 1.54) is 11.1 Å². The number of nitrogens with zero attached hydrogens (tertiary/aromatic N) is 4. The fourth-order valence-corrected chi connectivity index (χ4v) is 1.84. The van der Waals surface area contributed by atoms with Crippen molar-refractivity contribution >= 4 is 5.96 Å². The molecule has 6 heteroatoms. The number of hydrogen-bond donors (Lipinski definition) is 2. The average molecular weight is 272 g/mol. The third-order valence-corrected chi connectivity index (χ3v) is 3.15. The zero-order valence-electron chi connectivity index (χ0n) is 12.1. The summed E-state index contributed by atoms with van der Waals surface area (Å²) in [6, 6.07) is 8.30. The van der Waals surface area contributed by atoms with Gasteiger partial charge in [0.1, 0.15) is 6.33 Å². The summed E-state index contributed by atoms with van der Waals surface area (Å²) < 4.78 is 1.88. The largest absolute Gasteiger partial charge is 0.352 e. The van der Waals surface area contributed by atoms with Crippen LogP contribution < -0.4 is 10.6 Å². The molecule has 20 heavy (non-hydrogen) atoms. The first kappa shape index (κ1) is 14.0. The van der Waals surface area contributed by atoms with E-state index in [0.29, 0.717) is 6.54 Å². The zero-order valence-corrected chi connectivity index (χ0v) is 12.1. The second-order valence-corrected chi connectivity index (χ2v) is 4.56. The number of rotatable bonds is 4. The van der Waals surface area contributed by atoms with Crippen molar-refractivity contribution in [1.82, 2.24) is 25.4 Å². The van der Waals surface area contributed by atoms with E-state index in [0.717, 1.165) is 18.3 Å². The van der Waals surface area contributed by atoms with E-state index < -0.39 is 0 Å². The van der Waals surface area contributed by atoms with Crippen molar-refractivity contribution in [2.45, 2.75) is 20.0 Å². The summed E-state index contributed by atoms with van der Waals surface area (Å²) in [6.07, 6.45) is 1.68. The average Bonchev–Trinajstić information content (AvgIpc) is 2.86. The monoisotopic (exact) mass is 272 g/mol. The molecule has 0 aliphatic heterocycles. The fraction of sp³-hybridized carbons (Fsp3) is 0.357. The molecule has 1 heterocycles. The fourth-order valence-electron chi connectivity index (χ4n) is 1.84. The van der Waals surface area contributed by atoms with Gasteiger partial charge in [-0.25, -0.2) is 0 Å². The van der Waals surface area contributed by atoms with Gasteiger partial charge in [0.15, 0.2) is 11.8 Å². The molecule has 0 fully saturated rings.